The van der Waals surface area contributed by atoms with E-state index in [2.05, 4.69) is 17.5 Å². The maximum Gasteiger partial charge on any atom is 0.313 e. The number of carbonyl (C=O) groups excluding carboxylic acids is 2. The molecule has 0 aliphatic heterocycles. The third-order valence-electron chi connectivity index (χ3n) is 1.75. The van der Waals surface area contributed by atoms with Crippen molar-refractivity contribution in [3.8, 4) is 0 Å². The van der Waals surface area contributed by atoms with Crippen LogP contribution < -0.4 is 16.4 Å². The number of hydrogen-bond donors (Lipinski definition) is 3. The Morgan fingerprint density at radius 1 is 1.17 bits per heavy atom. The molecule has 2 amide bonds. The van der Waals surface area contributed by atoms with Gasteiger partial charge in [0.1, 0.15) is 11.6 Å². The number of nitrogens with one attached hydrogen (secondary N) is 2. The van der Waals surface area contributed by atoms with Crippen LogP contribution >= 0.6 is 12.2 Å². The Morgan fingerprint density at radius 3 is 2.22 bits per heavy atom. The van der Waals surface area contributed by atoms with E-state index in [1.54, 1.807) is 0 Å². The highest BCUT2D eigenvalue weighted by atomic mass is 32.1. The molecule has 0 spiro atoms. The van der Waals surface area contributed by atoms with E-state index in [0.717, 1.165) is 12.1 Å². The second kappa shape index (κ2) is 6.01. The number of amides is 2. The van der Waals surface area contributed by atoms with Gasteiger partial charge in [-0.15, -0.1) is 0 Å². The van der Waals surface area contributed by atoms with Crippen LogP contribution in [0.2, 0.25) is 0 Å². The van der Waals surface area contributed by atoms with Crippen molar-refractivity contribution >= 4 is 34.7 Å². The maximum absolute atomic E-state index is 12.8. The van der Waals surface area contributed by atoms with Gasteiger partial charge in [-0.3, -0.25) is 9.59 Å². The summed E-state index contributed by atoms with van der Waals surface area (Å²) in [5, 5.41) is 4.16. The molecule has 96 valence electrons. The first kappa shape index (κ1) is 14.0. The van der Waals surface area contributed by atoms with Crippen LogP contribution in [0.15, 0.2) is 18.2 Å². The number of thiocarbonyl (C=S) groups is 1. The van der Waals surface area contributed by atoms with Crippen LogP contribution in [-0.4, -0.2) is 23.3 Å². The fourth-order valence-corrected chi connectivity index (χ4v) is 1.13. The number of hydrogen-bond acceptors (Lipinski definition) is 3. The summed E-state index contributed by atoms with van der Waals surface area (Å²) in [6.07, 6.45) is 0. The van der Waals surface area contributed by atoms with E-state index < -0.39 is 23.4 Å². The SMILES string of the molecule is NC(=S)CNC(=O)C(=O)Nc1cc(F)cc(F)c1. The lowest BCUT2D eigenvalue weighted by atomic mass is 10.3. The molecule has 5 nitrogen and oxygen atoms in total. The molecule has 0 bridgehead atoms. The molecule has 18 heavy (non-hydrogen) atoms. The van der Waals surface area contributed by atoms with Crippen molar-refractivity contribution in [2.24, 2.45) is 5.73 Å². The van der Waals surface area contributed by atoms with Crippen LogP contribution in [0.4, 0.5) is 14.5 Å². The van der Waals surface area contributed by atoms with Crippen LogP contribution in [0.25, 0.3) is 0 Å². The summed E-state index contributed by atoms with van der Waals surface area (Å²) >= 11 is 4.50. The van der Waals surface area contributed by atoms with Crippen molar-refractivity contribution in [1.82, 2.24) is 5.32 Å². The van der Waals surface area contributed by atoms with Crippen LogP contribution in [0.5, 0.6) is 0 Å². The minimum absolute atomic E-state index is 0.00736. The van der Waals surface area contributed by atoms with Gasteiger partial charge in [-0.25, -0.2) is 8.78 Å². The molecular weight excluding hydrogens is 264 g/mol. The van der Waals surface area contributed by atoms with Gasteiger partial charge >= 0.3 is 11.8 Å². The topological polar surface area (TPSA) is 84.2 Å². The molecule has 0 aliphatic carbocycles. The van der Waals surface area contributed by atoms with Crippen molar-refractivity contribution in [3.63, 3.8) is 0 Å². The van der Waals surface area contributed by atoms with E-state index in [0.29, 0.717) is 6.07 Å². The lowest BCUT2D eigenvalue weighted by Gasteiger charge is -2.06. The second-order valence-corrected chi connectivity index (χ2v) is 3.79. The Hall–Kier alpha value is -2.09. The number of halogens is 2. The van der Waals surface area contributed by atoms with Gasteiger partial charge in [0.15, 0.2) is 0 Å². The van der Waals surface area contributed by atoms with E-state index >= 15 is 0 Å². The summed E-state index contributed by atoms with van der Waals surface area (Å²) in [6, 6.07) is 2.40. The highest BCUT2D eigenvalue weighted by molar-refractivity contribution is 7.80. The lowest BCUT2D eigenvalue weighted by molar-refractivity contribution is -0.135. The summed E-state index contributed by atoms with van der Waals surface area (Å²) in [7, 11) is 0. The first-order valence-corrected chi connectivity index (χ1v) is 5.13. The molecule has 1 aromatic carbocycles. The van der Waals surface area contributed by atoms with Crippen LogP contribution in [-0.2, 0) is 9.59 Å². The summed E-state index contributed by atoms with van der Waals surface area (Å²) in [6.45, 7) is -0.140. The normalized spacial score (nSPS) is 9.67. The first-order valence-electron chi connectivity index (χ1n) is 4.72. The summed E-state index contributed by atoms with van der Waals surface area (Å²) in [5.74, 6) is -3.81. The zero-order valence-corrected chi connectivity index (χ0v) is 9.81. The Balaban J connectivity index is 2.63. The Labute approximate surface area is 106 Å². The van der Waals surface area contributed by atoms with Crippen molar-refractivity contribution < 1.29 is 18.4 Å². The fourth-order valence-electron chi connectivity index (χ4n) is 1.06. The third-order valence-corrected chi connectivity index (χ3v) is 1.89. The first-order chi connectivity index (χ1) is 8.38. The molecule has 0 radical (unpaired) electrons. The molecule has 0 fully saturated rings. The zero-order chi connectivity index (χ0) is 13.7. The average Bonchev–Trinajstić information content (AvgIpc) is 2.24. The Kier molecular flexibility index (Phi) is 4.67. The molecule has 1 rings (SSSR count). The Bertz CT molecular complexity index is 488. The number of benzene rings is 1. The number of carbonyl (C=O) groups is 2. The third kappa shape index (κ3) is 4.42. The summed E-state index contributed by atoms with van der Waals surface area (Å²) < 4.78 is 25.6. The largest absolute Gasteiger partial charge is 0.392 e. The van der Waals surface area contributed by atoms with E-state index in [9.17, 15) is 18.4 Å². The molecule has 4 N–H and O–H groups in total. The van der Waals surface area contributed by atoms with Crippen molar-refractivity contribution in [1.29, 1.82) is 0 Å². The average molecular weight is 273 g/mol. The van der Waals surface area contributed by atoms with Gasteiger partial charge in [0.2, 0.25) is 0 Å². The molecule has 1 aromatic rings. The van der Waals surface area contributed by atoms with Gasteiger partial charge in [-0.05, 0) is 12.1 Å². The fraction of sp³-hybridized carbons (Fsp3) is 0.100. The highest BCUT2D eigenvalue weighted by Crippen LogP contribution is 2.12. The Morgan fingerprint density at radius 2 is 1.72 bits per heavy atom. The molecule has 0 unspecified atom stereocenters. The minimum atomic E-state index is -1.07. The van der Waals surface area contributed by atoms with Crippen molar-refractivity contribution in [2.75, 3.05) is 11.9 Å². The molecule has 0 saturated carbocycles. The number of rotatable bonds is 3. The van der Waals surface area contributed by atoms with Crippen LogP contribution in [0, 0.1) is 11.6 Å². The molecule has 0 atom stereocenters. The van der Waals surface area contributed by atoms with Crippen molar-refractivity contribution in [3.05, 3.63) is 29.8 Å². The highest BCUT2D eigenvalue weighted by Gasteiger charge is 2.14. The minimum Gasteiger partial charge on any atom is -0.392 e. The quantitative estimate of drug-likeness (QED) is 0.546. The molecule has 8 heteroatoms. The molecule has 0 heterocycles. The predicted octanol–water partition coefficient (Wildman–Crippen LogP) is 0.306. The predicted molar refractivity (Wildman–Crippen MR) is 64.8 cm³/mol. The van der Waals surface area contributed by atoms with E-state index in [-0.39, 0.29) is 17.2 Å². The molecule has 0 saturated heterocycles. The standard InChI is InChI=1S/C10H9F2N3O2S/c11-5-1-6(12)3-7(2-5)15-10(17)9(16)14-4-8(13)18/h1-3H,4H2,(H2,13,18)(H,14,16)(H,15,17). The molecule has 0 aromatic heterocycles. The van der Waals surface area contributed by atoms with E-state index in [1.165, 1.54) is 0 Å². The number of anilines is 1. The second-order valence-electron chi connectivity index (χ2n) is 3.26. The van der Waals surface area contributed by atoms with Crippen molar-refractivity contribution in [2.45, 2.75) is 0 Å². The van der Waals surface area contributed by atoms with Crippen LogP contribution in [0.3, 0.4) is 0 Å². The monoisotopic (exact) mass is 273 g/mol. The smallest absolute Gasteiger partial charge is 0.313 e. The molecular formula is C10H9F2N3O2S. The number of nitrogens with two attached hydrogens (primary N) is 1. The van der Waals surface area contributed by atoms with Gasteiger partial charge in [0, 0.05) is 11.8 Å². The van der Waals surface area contributed by atoms with Gasteiger partial charge < -0.3 is 16.4 Å². The summed E-state index contributed by atoms with van der Waals surface area (Å²) in [5.41, 5.74) is 4.96. The lowest BCUT2D eigenvalue weighted by Crippen LogP contribution is -2.39. The van der Waals surface area contributed by atoms with Gasteiger partial charge in [-0.1, -0.05) is 12.2 Å². The van der Waals surface area contributed by atoms with Gasteiger partial charge in [-0.2, -0.15) is 0 Å². The van der Waals surface area contributed by atoms with Gasteiger partial charge in [0.05, 0.1) is 11.5 Å². The van der Waals surface area contributed by atoms with Crippen LogP contribution in [0.1, 0.15) is 0 Å². The van der Waals surface area contributed by atoms with E-state index in [1.807, 2.05) is 5.32 Å². The summed E-state index contributed by atoms with van der Waals surface area (Å²) in [4.78, 5) is 22.5. The van der Waals surface area contributed by atoms with E-state index in [4.69, 9.17) is 5.73 Å². The molecule has 0 aliphatic rings. The van der Waals surface area contributed by atoms with Gasteiger partial charge in [0.25, 0.3) is 0 Å². The zero-order valence-electron chi connectivity index (χ0n) is 9.00. The maximum atomic E-state index is 12.8.